The van der Waals surface area contributed by atoms with Gasteiger partial charge in [-0.25, -0.2) is 0 Å². The fourth-order valence-corrected chi connectivity index (χ4v) is 2.08. The molecule has 0 atom stereocenters. The molecule has 0 saturated carbocycles. The third-order valence-electron chi connectivity index (χ3n) is 2.71. The summed E-state index contributed by atoms with van der Waals surface area (Å²) in [6, 6.07) is 17.3. The minimum Gasteiger partial charge on any atom is -0.0619 e. The van der Waals surface area contributed by atoms with E-state index in [2.05, 4.69) is 48.5 Å². The van der Waals surface area contributed by atoms with Crippen molar-refractivity contribution in [3.8, 4) is 11.1 Å². The molecule has 0 aromatic heterocycles. The predicted molar refractivity (Wildman–Crippen MR) is 54.7 cm³/mol. The van der Waals surface area contributed by atoms with Crippen molar-refractivity contribution in [3.05, 3.63) is 59.7 Å². The Morgan fingerprint density at radius 1 is 0.643 bits per heavy atom. The molecule has 0 nitrogen and oxygen atoms in total. The number of rotatable bonds is 0. The largest absolute Gasteiger partial charge is 0.0619 e. The van der Waals surface area contributed by atoms with Crippen LogP contribution >= 0.6 is 0 Å². The van der Waals surface area contributed by atoms with Crippen LogP contribution in [-0.4, -0.2) is 0 Å². The molecule has 2 aromatic rings. The molecule has 14 heavy (non-hydrogen) atoms. The van der Waals surface area contributed by atoms with E-state index in [1.165, 1.54) is 22.3 Å². The van der Waals surface area contributed by atoms with E-state index in [0.717, 1.165) is 6.42 Å². The first-order valence-corrected chi connectivity index (χ1v) is 4.61. The van der Waals surface area contributed by atoms with Gasteiger partial charge in [-0.3, -0.25) is 0 Å². The molecule has 1 heteroatoms. The summed E-state index contributed by atoms with van der Waals surface area (Å²) in [5.41, 5.74) is 5.75. The summed E-state index contributed by atoms with van der Waals surface area (Å²) in [5.74, 6) is 0. The van der Waals surface area contributed by atoms with Gasteiger partial charge in [-0.1, -0.05) is 48.5 Å². The van der Waals surface area contributed by atoms with Crippen LogP contribution in [0.4, 0.5) is 0 Å². The van der Waals surface area contributed by atoms with Crippen molar-refractivity contribution < 1.29 is 27.3 Å². The molecule has 2 aromatic carbocycles. The van der Waals surface area contributed by atoms with Gasteiger partial charge in [-0.15, -0.1) is 0 Å². The second kappa shape index (κ2) is 3.85. The van der Waals surface area contributed by atoms with Gasteiger partial charge in [0, 0.05) is 27.3 Å². The van der Waals surface area contributed by atoms with Gasteiger partial charge in [0.1, 0.15) is 0 Å². The molecular weight excluding hydrogens is 269 g/mol. The van der Waals surface area contributed by atoms with Gasteiger partial charge in [0.2, 0.25) is 0 Å². The summed E-state index contributed by atoms with van der Waals surface area (Å²) < 4.78 is 0. The van der Waals surface area contributed by atoms with E-state index < -0.39 is 0 Å². The van der Waals surface area contributed by atoms with Crippen molar-refractivity contribution >= 4 is 0 Å². The van der Waals surface area contributed by atoms with Crippen molar-refractivity contribution in [2.45, 2.75) is 6.42 Å². The number of fused-ring (bicyclic) bond motifs is 3. The Balaban J connectivity index is 0.000000750. The topological polar surface area (TPSA) is 0 Å². The third kappa shape index (κ3) is 1.42. The van der Waals surface area contributed by atoms with Gasteiger partial charge in [0.25, 0.3) is 0 Å². The molecule has 0 bridgehead atoms. The van der Waals surface area contributed by atoms with E-state index in [1.807, 2.05) is 0 Å². The number of hydrogen-bond acceptors (Lipinski definition) is 0. The van der Waals surface area contributed by atoms with Gasteiger partial charge < -0.3 is 0 Å². The maximum absolute atomic E-state index is 2.22. The molecule has 1 aliphatic rings. The van der Waals surface area contributed by atoms with E-state index in [1.54, 1.807) is 0 Å². The summed E-state index contributed by atoms with van der Waals surface area (Å²) in [6.45, 7) is 0. The summed E-state index contributed by atoms with van der Waals surface area (Å²) in [4.78, 5) is 0. The Morgan fingerprint density at radius 2 is 1.07 bits per heavy atom. The average Bonchev–Trinajstić information content (AvgIpc) is 2.56. The molecule has 0 spiro atoms. The van der Waals surface area contributed by atoms with Crippen LogP contribution in [0.3, 0.4) is 0 Å². The minimum absolute atomic E-state index is 0. The van der Waals surface area contributed by atoms with Crippen molar-refractivity contribution in [1.29, 1.82) is 0 Å². The zero-order valence-corrected chi connectivity index (χ0v) is 12.1. The molecule has 0 saturated heterocycles. The van der Waals surface area contributed by atoms with Gasteiger partial charge in [0.05, 0.1) is 0 Å². The monoisotopic (exact) mass is 280 g/mol. The van der Waals surface area contributed by atoms with Crippen LogP contribution in [0, 0.1) is 0 Å². The van der Waals surface area contributed by atoms with E-state index >= 15 is 0 Å². The third-order valence-corrected chi connectivity index (χ3v) is 2.71. The molecule has 0 radical (unpaired) electrons. The molecule has 1 aliphatic carbocycles. The Kier molecular flexibility index (Phi) is 2.72. The van der Waals surface area contributed by atoms with E-state index in [-0.39, 0.29) is 27.3 Å². The normalized spacial score (nSPS) is 11.4. The Bertz CT molecular complexity index is 417. The van der Waals surface area contributed by atoms with Crippen LogP contribution in [-0.2, 0) is 33.7 Å². The van der Waals surface area contributed by atoms with Crippen LogP contribution in [0.15, 0.2) is 48.5 Å². The second-order valence-electron chi connectivity index (χ2n) is 3.49. The zero-order valence-electron chi connectivity index (χ0n) is 8.03. The molecule has 0 unspecified atom stereocenters. The molecule has 0 fully saturated rings. The van der Waals surface area contributed by atoms with E-state index in [9.17, 15) is 0 Å². The molecule has 0 aliphatic heterocycles. The quantitative estimate of drug-likeness (QED) is 0.554. The maximum Gasteiger partial charge on any atom is 0 e. The maximum atomic E-state index is 2.22. The van der Waals surface area contributed by atoms with Gasteiger partial charge in [-0.05, 0) is 28.7 Å². The fraction of sp³-hybridized carbons (Fsp3) is 0.0769. The SMILES string of the molecule is [Cd].c1ccc2c(c1)Cc1ccccc1-2. The number of hydrogen-bond donors (Lipinski definition) is 0. The smallest absolute Gasteiger partial charge is 0 e. The van der Waals surface area contributed by atoms with E-state index in [0.29, 0.717) is 0 Å². The molecule has 0 N–H and O–H groups in total. The zero-order chi connectivity index (χ0) is 8.67. The van der Waals surface area contributed by atoms with Gasteiger partial charge in [-0.2, -0.15) is 0 Å². The predicted octanol–water partition coefficient (Wildman–Crippen LogP) is 3.26. The summed E-state index contributed by atoms with van der Waals surface area (Å²) in [7, 11) is 0. The van der Waals surface area contributed by atoms with E-state index in [4.69, 9.17) is 0 Å². The average molecular weight is 279 g/mol. The Morgan fingerprint density at radius 3 is 1.57 bits per heavy atom. The van der Waals surface area contributed by atoms with Crippen LogP contribution in [0.2, 0.25) is 0 Å². The summed E-state index contributed by atoms with van der Waals surface area (Å²) in [5, 5.41) is 0. The van der Waals surface area contributed by atoms with Crippen LogP contribution in [0.5, 0.6) is 0 Å². The molecule has 64 valence electrons. The van der Waals surface area contributed by atoms with Crippen LogP contribution in [0.25, 0.3) is 11.1 Å². The van der Waals surface area contributed by atoms with Crippen molar-refractivity contribution in [2.75, 3.05) is 0 Å². The molecule has 0 amide bonds. The van der Waals surface area contributed by atoms with Gasteiger partial charge >= 0.3 is 0 Å². The van der Waals surface area contributed by atoms with Crippen molar-refractivity contribution in [1.82, 2.24) is 0 Å². The minimum atomic E-state index is 0. The fourth-order valence-electron chi connectivity index (χ4n) is 2.08. The summed E-state index contributed by atoms with van der Waals surface area (Å²) >= 11 is 0. The number of benzene rings is 2. The molecule has 0 heterocycles. The molecule has 3 rings (SSSR count). The Labute approximate surface area is 104 Å². The Hall–Kier alpha value is -0.638. The standard InChI is InChI=1S/C13H10.Cd/c1-3-7-12-10(5-1)9-11-6-2-4-8-13(11)12;/h1-8H,9H2;. The van der Waals surface area contributed by atoms with Crippen LogP contribution < -0.4 is 0 Å². The first-order chi connectivity index (χ1) is 6.45. The first kappa shape index (κ1) is 9.90. The van der Waals surface area contributed by atoms with Crippen LogP contribution in [0.1, 0.15) is 11.1 Å². The van der Waals surface area contributed by atoms with Gasteiger partial charge in [0.15, 0.2) is 0 Å². The second-order valence-corrected chi connectivity index (χ2v) is 3.49. The summed E-state index contributed by atoms with van der Waals surface area (Å²) in [6.07, 6.45) is 1.10. The van der Waals surface area contributed by atoms with Crippen molar-refractivity contribution in [3.63, 3.8) is 0 Å². The molecular formula is C13H10Cd. The first-order valence-electron chi connectivity index (χ1n) is 4.61. The van der Waals surface area contributed by atoms with Crippen molar-refractivity contribution in [2.24, 2.45) is 0 Å².